The Bertz CT molecular complexity index is 191. The van der Waals surface area contributed by atoms with E-state index < -0.39 is 0 Å². The second-order valence-corrected chi connectivity index (χ2v) is 3.11. The van der Waals surface area contributed by atoms with E-state index in [1.807, 2.05) is 6.20 Å². The van der Waals surface area contributed by atoms with E-state index in [0.717, 1.165) is 5.95 Å². The molecule has 0 bridgehead atoms. The van der Waals surface area contributed by atoms with Gasteiger partial charge < -0.3 is 10.3 Å². The molecule has 11 heavy (non-hydrogen) atoms. The van der Waals surface area contributed by atoms with Gasteiger partial charge in [-0.05, 0) is 12.8 Å². The Labute approximate surface area is 67.2 Å². The fourth-order valence-corrected chi connectivity index (χ4v) is 0.727. The zero-order chi connectivity index (χ0) is 8.27. The van der Waals surface area contributed by atoms with Crippen molar-refractivity contribution in [2.45, 2.75) is 26.8 Å². The molecule has 0 radical (unpaired) electrons. The normalized spacial score (nSPS) is 13.5. The first-order chi connectivity index (χ1) is 5.20. The van der Waals surface area contributed by atoms with Crippen LogP contribution in [0, 0.1) is 5.92 Å². The van der Waals surface area contributed by atoms with Gasteiger partial charge in [-0.3, -0.25) is 0 Å². The van der Waals surface area contributed by atoms with Gasteiger partial charge in [0.1, 0.15) is 0 Å². The van der Waals surface area contributed by atoms with Crippen LogP contribution in [0.3, 0.4) is 0 Å². The van der Waals surface area contributed by atoms with E-state index in [9.17, 15) is 0 Å². The molecule has 0 aromatic carbocycles. The Balaban J connectivity index is 2.43. The largest absolute Gasteiger partial charge is 0.353 e. The van der Waals surface area contributed by atoms with Gasteiger partial charge >= 0.3 is 0 Å². The molecule has 1 heterocycles. The molecule has 0 saturated carbocycles. The molecule has 0 aliphatic rings. The predicted molar refractivity (Wildman–Crippen MR) is 46.5 cm³/mol. The van der Waals surface area contributed by atoms with Gasteiger partial charge in [-0.25, -0.2) is 4.98 Å². The number of aromatic amines is 1. The van der Waals surface area contributed by atoms with Crippen LogP contribution in [0.4, 0.5) is 5.95 Å². The van der Waals surface area contributed by atoms with Gasteiger partial charge in [0.05, 0.1) is 0 Å². The molecule has 1 atom stereocenters. The van der Waals surface area contributed by atoms with Gasteiger partial charge in [0.25, 0.3) is 0 Å². The van der Waals surface area contributed by atoms with Gasteiger partial charge in [0.15, 0.2) is 5.95 Å². The quantitative estimate of drug-likeness (QED) is 0.696. The summed E-state index contributed by atoms with van der Waals surface area (Å²) in [7, 11) is 0. The predicted octanol–water partition coefficient (Wildman–Crippen LogP) is 1.87. The van der Waals surface area contributed by atoms with Crippen LogP contribution in [0.1, 0.15) is 20.8 Å². The first-order valence-corrected chi connectivity index (χ1v) is 3.96. The summed E-state index contributed by atoms with van der Waals surface area (Å²) in [4.78, 5) is 7.07. The van der Waals surface area contributed by atoms with E-state index in [-0.39, 0.29) is 0 Å². The summed E-state index contributed by atoms with van der Waals surface area (Å²) in [5, 5.41) is 3.25. The van der Waals surface area contributed by atoms with E-state index in [2.05, 4.69) is 36.1 Å². The number of anilines is 1. The molecule has 0 aliphatic carbocycles. The maximum atomic E-state index is 4.07. The molecule has 0 fully saturated rings. The molecule has 1 aromatic heterocycles. The zero-order valence-corrected chi connectivity index (χ0v) is 7.26. The first-order valence-electron chi connectivity index (χ1n) is 3.96. The average Bonchev–Trinajstić information content (AvgIpc) is 2.39. The number of rotatable bonds is 3. The Morgan fingerprint density at radius 2 is 2.18 bits per heavy atom. The summed E-state index contributed by atoms with van der Waals surface area (Å²) in [6.45, 7) is 6.51. The van der Waals surface area contributed by atoms with Gasteiger partial charge in [-0.15, -0.1) is 0 Å². The highest BCUT2D eigenvalue weighted by molar-refractivity contribution is 5.24. The van der Waals surface area contributed by atoms with Crippen molar-refractivity contribution in [3.8, 4) is 0 Å². The first kappa shape index (κ1) is 8.11. The Hall–Kier alpha value is -0.990. The summed E-state index contributed by atoms with van der Waals surface area (Å²) in [6, 6.07) is 0.459. The standard InChI is InChI=1S/C8H15N3/c1-6(2)7(3)11-8-9-4-5-10-8/h4-7H,1-3H3,(H2,9,10,11). The molecule has 1 aromatic rings. The van der Waals surface area contributed by atoms with E-state index in [1.165, 1.54) is 0 Å². The highest BCUT2D eigenvalue weighted by Gasteiger charge is 2.06. The lowest BCUT2D eigenvalue weighted by atomic mass is 10.1. The second kappa shape index (κ2) is 3.42. The van der Waals surface area contributed by atoms with Crippen molar-refractivity contribution >= 4 is 5.95 Å². The minimum atomic E-state index is 0.459. The van der Waals surface area contributed by atoms with Crippen LogP contribution >= 0.6 is 0 Å². The summed E-state index contributed by atoms with van der Waals surface area (Å²) in [5.41, 5.74) is 0. The Morgan fingerprint density at radius 1 is 1.45 bits per heavy atom. The van der Waals surface area contributed by atoms with E-state index in [1.54, 1.807) is 6.20 Å². The molecule has 3 heteroatoms. The van der Waals surface area contributed by atoms with Crippen LogP contribution in [0.2, 0.25) is 0 Å². The smallest absolute Gasteiger partial charge is 0.200 e. The Morgan fingerprint density at radius 3 is 2.64 bits per heavy atom. The molecule has 0 saturated heterocycles. The molecule has 0 amide bonds. The van der Waals surface area contributed by atoms with Gasteiger partial charge in [-0.1, -0.05) is 13.8 Å². The van der Waals surface area contributed by atoms with Crippen molar-refractivity contribution < 1.29 is 0 Å². The number of H-pyrrole nitrogens is 1. The highest BCUT2D eigenvalue weighted by atomic mass is 15.1. The molecular formula is C8H15N3. The highest BCUT2D eigenvalue weighted by Crippen LogP contribution is 2.06. The number of aromatic nitrogens is 2. The van der Waals surface area contributed by atoms with Crippen molar-refractivity contribution in [1.82, 2.24) is 9.97 Å². The molecular weight excluding hydrogens is 138 g/mol. The minimum Gasteiger partial charge on any atom is -0.353 e. The molecule has 1 rings (SSSR count). The monoisotopic (exact) mass is 153 g/mol. The van der Waals surface area contributed by atoms with Crippen LogP contribution in [-0.2, 0) is 0 Å². The lowest BCUT2D eigenvalue weighted by molar-refractivity contribution is 0.557. The number of nitrogens with zero attached hydrogens (tertiary/aromatic N) is 1. The van der Waals surface area contributed by atoms with Crippen molar-refractivity contribution in [2.24, 2.45) is 5.92 Å². The summed E-state index contributed by atoms with van der Waals surface area (Å²) in [5.74, 6) is 1.48. The zero-order valence-electron chi connectivity index (χ0n) is 7.26. The van der Waals surface area contributed by atoms with E-state index in [4.69, 9.17) is 0 Å². The third-order valence-corrected chi connectivity index (χ3v) is 1.86. The SMILES string of the molecule is CC(C)C(C)Nc1ncc[nH]1. The van der Waals surface area contributed by atoms with E-state index >= 15 is 0 Å². The fraction of sp³-hybridized carbons (Fsp3) is 0.625. The maximum absolute atomic E-state index is 4.07. The third-order valence-electron chi connectivity index (χ3n) is 1.86. The van der Waals surface area contributed by atoms with E-state index in [0.29, 0.717) is 12.0 Å². The Kier molecular flexibility index (Phi) is 2.52. The van der Waals surface area contributed by atoms with Crippen molar-refractivity contribution in [3.05, 3.63) is 12.4 Å². The number of hydrogen-bond donors (Lipinski definition) is 2. The maximum Gasteiger partial charge on any atom is 0.200 e. The van der Waals surface area contributed by atoms with Crippen LogP contribution < -0.4 is 5.32 Å². The lowest BCUT2D eigenvalue weighted by Gasteiger charge is -2.16. The molecule has 3 nitrogen and oxygen atoms in total. The van der Waals surface area contributed by atoms with Gasteiger partial charge in [0, 0.05) is 18.4 Å². The number of nitrogens with one attached hydrogen (secondary N) is 2. The van der Waals surface area contributed by atoms with Crippen molar-refractivity contribution in [2.75, 3.05) is 5.32 Å². The third kappa shape index (κ3) is 2.26. The van der Waals surface area contributed by atoms with Gasteiger partial charge in [0.2, 0.25) is 0 Å². The minimum absolute atomic E-state index is 0.459. The number of hydrogen-bond acceptors (Lipinski definition) is 2. The van der Waals surface area contributed by atoms with Crippen molar-refractivity contribution in [1.29, 1.82) is 0 Å². The second-order valence-electron chi connectivity index (χ2n) is 3.11. The molecule has 62 valence electrons. The lowest BCUT2D eigenvalue weighted by Crippen LogP contribution is -2.22. The molecule has 1 unspecified atom stereocenters. The summed E-state index contributed by atoms with van der Waals surface area (Å²) >= 11 is 0. The van der Waals surface area contributed by atoms with Crippen LogP contribution in [0.15, 0.2) is 12.4 Å². The number of imidazole rings is 1. The summed E-state index contributed by atoms with van der Waals surface area (Å²) in [6.07, 6.45) is 3.56. The van der Waals surface area contributed by atoms with Crippen LogP contribution in [-0.4, -0.2) is 16.0 Å². The van der Waals surface area contributed by atoms with Crippen molar-refractivity contribution in [3.63, 3.8) is 0 Å². The van der Waals surface area contributed by atoms with Crippen LogP contribution in [0.5, 0.6) is 0 Å². The fourth-order valence-electron chi connectivity index (χ4n) is 0.727. The topological polar surface area (TPSA) is 40.7 Å². The molecule has 0 spiro atoms. The molecule has 2 N–H and O–H groups in total. The van der Waals surface area contributed by atoms with Crippen LogP contribution in [0.25, 0.3) is 0 Å². The average molecular weight is 153 g/mol. The summed E-state index contributed by atoms with van der Waals surface area (Å²) < 4.78 is 0. The van der Waals surface area contributed by atoms with Gasteiger partial charge in [-0.2, -0.15) is 0 Å². The molecule has 0 aliphatic heterocycles.